The van der Waals surface area contributed by atoms with Gasteiger partial charge in [0.25, 0.3) is 5.91 Å². The number of piperidine rings is 1. The zero-order valence-electron chi connectivity index (χ0n) is 23.5. The molecule has 1 aromatic heterocycles. The summed E-state index contributed by atoms with van der Waals surface area (Å²) in [6, 6.07) is 9.30. The molecule has 2 N–H and O–H groups in total. The molecular weight excluding hydrogens is 494 g/mol. The number of likely N-dealkylation sites (tertiary alicyclic amines) is 1. The first kappa shape index (κ1) is 28.0. The van der Waals surface area contributed by atoms with E-state index in [4.69, 9.17) is 14.2 Å². The van der Waals surface area contributed by atoms with Crippen LogP contribution in [0, 0.1) is 13.8 Å². The minimum absolute atomic E-state index is 0.0226. The number of anilines is 1. The van der Waals surface area contributed by atoms with Crippen molar-refractivity contribution in [2.24, 2.45) is 0 Å². The molecule has 3 aliphatic rings. The third-order valence-electron chi connectivity index (χ3n) is 8.42. The Bertz CT molecular complexity index is 1090. The molecule has 4 atom stereocenters. The Labute approximate surface area is 232 Å². The normalized spacial score (nSPS) is 26.4. The van der Waals surface area contributed by atoms with Gasteiger partial charge in [-0.25, -0.2) is 9.97 Å². The zero-order chi connectivity index (χ0) is 27.2. The molecule has 0 saturated carbocycles. The number of aryl methyl sites for hydroxylation is 1. The molecule has 0 radical (unpaired) electrons. The SMILES string of the molecule is COC1COCCC1NC1CCN(C(=O)c2ncnc(NC[C@H]3CCC[C@@H](c4ccc(C)cc4)O3)c2C)CC1. The summed E-state index contributed by atoms with van der Waals surface area (Å²) in [5, 5.41) is 7.20. The predicted octanol–water partition coefficient (Wildman–Crippen LogP) is 3.81. The number of ether oxygens (including phenoxy) is 3. The largest absolute Gasteiger partial charge is 0.379 e. The maximum Gasteiger partial charge on any atom is 0.272 e. The second-order valence-electron chi connectivity index (χ2n) is 11.1. The van der Waals surface area contributed by atoms with E-state index in [0.717, 1.165) is 50.7 Å². The number of rotatable bonds is 8. The van der Waals surface area contributed by atoms with Crippen molar-refractivity contribution in [3.05, 3.63) is 53.0 Å². The van der Waals surface area contributed by atoms with E-state index in [1.807, 2.05) is 11.8 Å². The van der Waals surface area contributed by atoms with Gasteiger partial charge in [-0.05, 0) is 57.9 Å². The van der Waals surface area contributed by atoms with Crippen molar-refractivity contribution in [3.8, 4) is 0 Å². The van der Waals surface area contributed by atoms with Crippen molar-refractivity contribution in [1.82, 2.24) is 20.2 Å². The van der Waals surface area contributed by atoms with Crippen molar-refractivity contribution < 1.29 is 19.0 Å². The monoisotopic (exact) mass is 537 g/mol. The van der Waals surface area contributed by atoms with Gasteiger partial charge < -0.3 is 29.7 Å². The molecule has 0 bridgehead atoms. The number of hydrogen-bond donors (Lipinski definition) is 2. The molecule has 212 valence electrons. The molecule has 5 rings (SSSR count). The number of methoxy groups -OCH3 is 1. The number of nitrogens with one attached hydrogen (secondary N) is 2. The second-order valence-corrected chi connectivity index (χ2v) is 11.1. The van der Waals surface area contributed by atoms with Crippen LogP contribution < -0.4 is 10.6 Å². The van der Waals surface area contributed by atoms with Gasteiger partial charge in [0.1, 0.15) is 17.8 Å². The first-order chi connectivity index (χ1) is 19.0. The number of benzene rings is 1. The van der Waals surface area contributed by atoms with Crippen LogP contribution in [0.5, 0.6) is 0 Å². The Morgan fingerprint density at radius 1 is 1.08 bits per heavy atom. The van der Waals surface area contributed by atoms with Crippen molar-refractivity contribution in [1.29, 1.82) is 0 Å². The number of amides is 1. The smallest absolute Gasteiger partial charge is 0.272 e. The first-order valence-electron chi connectivity index (χ1n) is 14.4. The summed E-state index contributed by atoms with van der Waals surface area (Å²) in [5.41, 5.74) is 3.76. The van der Waals surface area contributed by atoms with E-state index in [9.17, 15) is 4.79 Å². The van der Waals surface area contributed by atoms with Gasteiger partial charge in [-0.2, -0.15) is 0 Å². The van der Waals surface area contributed by atoms with Gasteiger partial charge in [0, 0.05) is 51.0 Å². The summed E-state index contributed by atoms with van der Waals surface area (Å²) in [5.74, 6) is 0.682. The van der Waals surface area contributed by atoms with Gasteiger partial charge in [0.15, 0.2) is 0 Å². The predicted molar refractivity (Wildman–Crippen MR) is 150 cm³/mol. The third-order valence-corrected chi connectivity index (χ3v) is 8.42. The first-order valence-corrected chi connectivity index (χ1v) is 14.4. The lowest BCUT2D eigenvalue weighted by atomic mass is 9.97. The van der Waals surface area contributed by atoms with E-state index in [2.05, 4.69) is 51.8 Å². The fraction of sp³-hybridized carbons (Fsp3) is 0.633. The van der Waals surface area contributed by atoms with Crippen LogP contribution >= 0.6 is 0 Å². The minimum Gasteiger partial charge on any atom is -0.379 e. The summed E-state index contributed by atoms with van der Waals surface area (Å²) in [6.07, 6.45) is 7.75. The molecule has 1 aromatic carbocycles. The average Bonchev–Trinajstić information content (AvgIpc) is 2.97. The van der Waals surface area contributed by atoms with E-state index >= 15 is 0 Å². The van der Waals surface area contributed by atoms with E-state index in [1.165, 1.54) is 17.5 Å². The molecular formula is C30H43N5O4. The van der Waals surface area contributed by atoms with E-state index < -0.39 is 0 Å². The van der Waals surface area contributed by atoms with E-state index in [0.29, 0.717) is 49.8 Å². The Balaban J connectivity index is 1.13. The molecule has 0 aliphatic carbocycles. The molecule has 3 aliphatic heterocycles. The standard InChI is InChI=1S/C30H43N5O4/c1-20-7-9-22(10-8-20)26-6-4-5-24(39-26)17-31-29-21(2)28(32-19-33-29)30(36)35-14-11-23(12-15-35)34-25-13-16-38-18-27(25)37-3/h7-10,19,23-27,34H,4-6,11-18H2,1-3H3,(H,31,32,33)/t24-,25?,26+,27?/m1/s1. The molecule has 2 unspecified atom stereocenters. The minimum atomic E-state index is -0.0226. The highest BCUT2D eigenvalue weighted by Gasteiger charge is 2.31. The van der Waals surface area contributed by atoms with Crippen LogP contribution in [0.3, 0.4) is 0 Å². The number of aromatic nitrogens is 2. The van der Waals surface area contributed by atoms with Crippen LogP contribution in [0.15, 0.2) is 30.6 Å². The lowest BCUT2D eigenvalue weighted by Gasteiger charge is -2.38. The van der Waals surface area contributed by atoms with Crippen LogP contribution in [0.2, 0.25) is 0 Å². The van der Waals surface area contributed by atoms with Crippen LogP contribution in [-0.2, 0) is 14.2 Å². The zero-order valence-corrected chi connectivity index (χ0v) is 23.5. The van der Waals surface area contributed by atoms with E-state index in [1.54, 1.807) is 7.11 Å². The summed E-state index contributed by atoms with van der Waals surface area (Å²) < 4.78 is 17.6. The number of carbonyl (C=O) groups excluding carboxylic acids is 1. The van der Waals surface area contributed by atoms with Crippen LogP contribution in [0.4, 0.5) is 5.82 Å². The molecule has 9 heteroatoms. The Morgan fingerprint density at radius 2 is 1.87 bits per heavy atom. The molecule has 9 nitrogen and oxygen atoms in total. The maximum absolute atomic E-state index is 13.4. The third kappa shape index (κ3) is 6.95. The summed E-state index contributed by atoms with van der Waals surface area (Å²) in [6.45, 7) is 7.50. The second kappa shape index (κ2) is 13.2. The molecule has 0 spiro atoms. The Morgan fingerprint density at radius 3 is 2.64 bits per heavy atom. The topological polar surface area (TPSA) is 97.8 Å². The summed E-state index contributed by atoms with van der Waals surface area (Å²) in [7, 11) is 1.74. The lowest BCUT2D eigenvalue weighted by Crippen LogP contribution is -2.54. The van der Waals surface area contributed by atoms with Crippen molar-refractivity contribution in [3.63, 3.8) is 0 Å². The van der Waals surface area contributed by atoms with Crippen LogP contribution in [0.25, 0.3) is 0 Å². The van der Waals surface area contributed by atoms with Crippen LogP contribution in [0.1, 0.15) is 71.8 Å². The van der Waals surface area contributed by atoms with Gasteiger partial charge >= 0.3 is 0 Å². The van der Waals surface area contributed by atoms with E-state index in [-0.39, 0.29) is 24.2 Å². The van der Waals surface area contributed by atoms with Gasteiger partial charge in [-0.15, -0.1) is 0 Å². The Hall–Kier alpha value is -2.59. The molecule has 3 fully saturated rings. The number of hydrogen-bond acceptors (Lipinski definition) is 8. The lowest BCUT2D eigenvalue weighted by molar-refractivity contribution is -0.0533. The summed E-state index contributed by atoms with van der Waals surface area (Å²) >= 11 is 0. The van der Waals surface area contributed by atoms with Gasteiger partial charge in [0.2, 0.25) is 0 Å². The highest BCUT2D eigenvalue weighted by atomic mass is 16.5. The van der Waals surface area contributed by atoms with Gasteiger partial charge in [-0.3, -0.25) is 4.79 Å². The van der Waals surface area contributed by atoms with Gasteiger partial charge in [-0.1, -0.05) is 29.8 Å². The molecule has 3 saturated heterocycles. The quantitative estimate of drug-likeness (QED) is 0.525. The molecule has 1 amide bonds. The average molecular weight is 538 g/mol. The maximum atomic E-state index is 13.4. The molecule has 39 heavy (non-hydrogen) atoms. The number of nitrogens with zero attached hydrogens (tertiary/aromatic N) is 3. The Kier molecular flexibility index (Phi) is 9.45. The highest BCUT2D eigenvalue weighted by molar-refractivity contribution is 5.94. The molecule has 2 aromatic rings. The highest BCUT2D eigenvalue weighted by Crippen LogP contribution is 2.31. The number of carbonyl (C=O) groups is 1. The van der Waals surface area contributed by atoms with Crippen LogP contribution in [-0.4, -0.2) is 85.0 Å². The molecule has 4 heterocycles. The van der Waals surface area contributed by atoms with Crippen molar-refractivity contribution >= 4 is 11.7 Å². The summed E-state index contributed by atoms with van der Waals surface area (Å²) in [4.78, 5) is 24.2. The van der Waals surface area contributed by atoms with Crippen molar-refractivity contribution in [2.75, 3.05) is 45.3 Å². The van der Waals surface area contributed by atoms with Gasteiger partial charge in [0.05, 0.1) is 24.9 Å². The fourth-order valence-electron chi connectivity index (χ4n) is 5.97. The van der Waals surface area contributed by atoms with Crippen molar-refractivity contribution in [2.45, 2.75) is 82.8 Å². The fourth-order valence-corrected chi connectivity index (χ4v) is 5.97.